The summed E-state index contributed by atoms with van der Waals surface area (Å²) in [6.07, 6.45) is -0.529. The molecule has 0 aliphatic heterocycles. The van der Waals surface area contributed by atoms with E-state index in [1.165, 1.54) is 0 Å². The number of ether oxygens (including phenoxy) is 1. The number of nitrogens with one attached hydrogen (secondary N) is 1. The molecule has 0 bridgehead atoms. The smallest absolute Gasteiger partial charge is 0.363 e. The van der Waals surface area contributed by atoms with Crippen LogP contribution < -0.4 is 4.72 Å². The molecule has 0 fully saturated rings. The van der Waals surface area contributed by atoms with Gasteiger partial charge in [-0.3, -0.25) is 0 Å². The first-order valence-corrected chi connectivity index (χ1v) is 6.62. The first-order valence-electron chi connectivity index (χ1n) is 5.13. The van der Waals surface area contributed by atoms with Crippen LogP contribution in [0.4, 0.5) is 5.82 Å². The second-order valence-electron chi connectivity index (χ2n) is 3.52. The highest BCUT2D eigenvalue weighted by atomic mass is 32.2. The van der Waals surface area contributed by atoms with Crippen LogP contribution in [-0.4, -0.2) is 49.2 Å². The van der Waals surface area contributed by atoms with Gasteiger partial charge in [-0.15, -0.1) is 0 Å². The van der Waals surface area contributed by atoms with Crippen LogP contribution in [0, 0.1) is 10.1 Å². The highest BCUT2D eigenvalue weighted by molar-refractivity contribution is 7.89. The Morgan fingerprint density at radius 3 is 2.65 bits per heavy atom. The Morgan fingerprint density at radius 2 is 2.25 bits per heavy atom. The average molecular weight is 305 g/mol. The normalized spacial score (nSPS) is 12.8. The van der Waals surface area contributed by atoms with Gasteiger partial charge in [-0.2, -0.15) is 0 Å². The molecule has 2 N–H and O–H groups in total. The van der Waals surface area contributed by atoms with Crippen LogP contribution in [0.1, 0.15) is 0 Å². The molecule has 0 radical (unpaired) electrons. The molecule has 1 aromatic rings. The zero-order valence-corrected chi connectivity index (χ0v) is 11.0. The molecule has 0 amide bonds. The van der Waals surface area contributed by atoms with Gasteiger partial charge in [-0.05, 0) is 16.0 Å². The van der Waals surface area contributed by atoms with Gasteiger partial charge in [-0.1, -0.05) is 0 Å². The van der Waals surface area contributed by atoms with Crippen LogP contribution in [0.5, 0.6) is 0 Å². The van der Waals surface area contributed by atoms with E-state index in [9.17, 15) is 23.3 Å². The van der Waals surface area contributed by atoms with E-state index in [4.69, 9.17) is 5.11 Å². The molecule has 10 nitrogen and oxygen atoms in total. The molecule has 1 aromatic heterocycles. The van der Waals surface area contributed by atoms with Crippen molar-refractivity contribution in [3.05, 3.63) is 28.4 Å². The SMILES string of the molecule is COC(CNS(=O)(=O)c1ccc([N+](=O)[O-])nc1)C(=O)O. The van der Waals surface area contributed by atoms with Crippen molar-refractivity contribution in [1.82, 2.24) is 9.71 Å². The number of methoxy groups -OCH3 is 1. The fourth-order valence-corrected chi connectivity index (χ4v) is 2.16. The van der Waals surface area contributed by atoms with E-state index in [0.717, 1.165) is 25.4 Å². The summed E-state index contributed by atoms with van der Waals surface area (Å²) in [5, 5.41) is 19.1. The minimum Gasteiger partial charge on any atom is -0.479 e. The third-order valence-corrected chi connectivity index (χ3v) is 3.65. The number of carboxylic acids is 1. The Bertz CT molecular complexity index is 598. The number of hydrogen-bond acceptors (Lipinski definition) is 7. The van der Waals surface area contributed by atoms with Crippen LogP contribution in [0.15, 0.2) is 23.2 Å². The molecule has 1 heterocycles. The second kappa shape index (κ2) is 6.36. The second-order valence-corrected chi connectivity index (χ2v) is 5.29. The maximum absolute atomic E-state index is 11.8. The van der Waals surface area contributed by atoms with Crippen molar-refractivity contribution >= 4 is 21.8 Å². The summed E-state index contributed by atoms with van der Waals surface area (Å²) in [5.74, 6) is -1.82. The molecule has 0 aromatic carbocycles. The lowest BCUT2D eigenvalue weighted by atomic mass is 10.4. The fraction of sp³-hybridized carbons (Fsp3) is 0.333. The van der Waals surface area contributed by atoms with Crippen LogP contribution in [0.3, 0.4) is 0 Å². The van der Waals surface area contributed by atoms with Crippen molar-refractivity contribution in [2.75, 3.05) is 13.7 Å². The topological polar surface area (TPSA) is 149 Å². The Balaban J connectivity index is 2.83. The maximum Gasteiger partial charge on any atom is 0.363 e. The lowest BCUT2D eigenvalue weighted by Crippen LogP contribution is -2.37. The third-order valence-electron chi connectivity index (χ3n) is 2.24. The van der Waals surface area contributed by atoms with E-state index in [1.807, 2.05) is 4.72 Å². The summed E-state index contributed by atoms with van der Waals surface area (Å²) < 4.78 is 30.1. The first kappa shape index (κ1) is 15.9. The Kier molecular flexibility index (Phi) is 5.07. The van der Waals surface area contributed by atoms with Gasteiger partial charge in [0.05, 0.1) is 0 Å². The summed E-state index contributed by atoms with van der Waals surface area (Å²) in [7, 11) is -2.89. The lowest BCUT2D eigenvalue weighted by molar-refractivity contribution is -0.389. The van der Waals surface area contributed by atoms with Crippen molar-refractivity contribution < 1.29 is 28.0 Å². The molecule has 0 aliphatic rings. The Hall–Kier alpha value is -2.11. The van der Waals surface area contributed by atoms with E-state index in [1.54, 1.807) is 0 Å². The highest BCUT2D eigenvalue weighted by Crippen LogP contribution is 2.12. The molecular formula is C9H11N3O7S. The number of sulfonamides is 1. The predicted octanol–water partition coefficient (Wildman–Crippen LogP) is -0.632. The zero-order chi connectivity index (χ0) is 15.3. The fourth-order valence-electron chi connectivity index (χ4n) is 1.18. The van der Waals surface area contributed by atoms with Gasteiger partial charge >= 0.3 is 11.8 Å². The number of hydrogen-bond donors (Lipinski definition) is 2. The molecular weight excluding hydrogens is 294 g/mol. The molecule has 1 atom stereocenters. The summed E-state index contributed by atoms with van der Waals surface area (Å²) in [5.41, 5.74) is 0. The molecule has 0 saturated carbocycles. The summed E-state index contributed by atoms with van der Waals surface area (Å²) in [4.78, 5) is 23.3. The predicted molar refractivity (Wildman–Crippen MR) is 64.5 cm³/mol. The van der Waals surface area contributed by atoms with E-state index in [0.29, 0.717) is 0 Å². The van der Waals surface area contributed by atoms with E-state index >= 15 is 0 Å². The quantitative estimate of drug-likeness (QED) is 0.499. The lowest BCUT2D eigenvalue weighted by Gasteiger charge is -2.11. The van der Waals surface area contributed by atoms with Gasteiger partial charge in [0.25, 0.3) is 0 Å². The van der Waals surface area contributed by atoms with Crippen molar-refractivity contribution in [2.24, 2.45) is 0 Å². The Labute approximate surface area is 113 Å². The largest absolute Gasteiger partial charge is 0.479 e. The average Bonchev–Trinajstić information content (AvgIpc) is 2.39. The van der Waals surface area contributed by atoms with E-state index in [-0.39, 0.29) is 4.90 Å². The monoisotopic (exact) mass is 305 g/mol. The number of nitrogens with zero attached hydrogens (tertiary/aromatic N) is 2. The van der Waals surface area contributed by atoms with Crippen molar-refractivity contribution in [3.8, 4) is 0 Å². The summed E-state index contributed by atoms with van der Waals surface area (Å²) in [6, 6.07) is 1.93. The van der Waals surface area contributed by atoms with E-state index < -0.39 is 39.4 Å². The molecule has 20 heavy (non-hydrogen) atoms. The third kappa shape index (κ3) is 3.94. The van der Waals surface area contributed by atoms with Gasteiger partial charge in [0, 0.05) is 19.7 Å². The summed E-state index contributed by atoms with van der Waals surface area (Å²) in [6.45, 7) is -0.481. The standard InChI is InChI=1S/C9H11N3O7S/c1-19-7(9(13)14)5-11-20(17,18)6-2-3-8(10-4-6)12(15)16/h2-4,7,11H,5H2,1H3,(H,13,14). The van der Waals surface area contributed by atoms with Crippen LogP contribution in [0.2, 0.25) is 0 Å². The number of aromatic nitrogens is 1. The summed E-state index contributed by atoms with van der Waals surface area (Å²) >= 11 is 0. The molecule has 11 heteroatoms. The number of pyridine rings is 1. The number of aliphatic carboxylic acids is 1. The number of rotatable bonds is 7. The van der Waals surface area contributed by atoms with Gasteiger partial charge in [0.15, 0.2) is 12.3 Å². The minimum atomic E-state index is -4.02. The van der Waals surface area contributed by atoms with Crippen LogP contribution in [0.25, 0.3) is 0 Å². The number of nitro groups is 1. The molecule has 110 valence electrons. The first-order chi connectivity index (χ1) is 9.27. The molecule has 0 spiro atoms. The molecule has 1 rings (SSSR count). The van der Waals surface area contributed by atoms with Crippen molar-refractivity contribution in [1.29, 1.82) is 0 Å². The zero-order valence-electron chi connectivity index (χ0n) is 10.2. The number of carbonyl (C=O) groups is 1. The molecule has 1 unspecified atom stereocenters. The van der Waals surface area contributed by atoms with Crippen LogP contribution in [-0.2, 0) is 19.6 Å². The maximum atomic E-state index is 11.8. The van der Waals surface area contributed by atoms with Gasteiger partial charge in [-0.25, -0.2) is 17.9 Å². The van der Waals surface area contributed by atoms with Crippen molar-refractivity contribution in [3.63, 3.8) is 0 Å². The minimum absolute atomic E-state index is 0.316. The highest BCUT2D eigenvalue weighted by Gasteiger charge is 2.22. The number of carboxylic acid groups (broad SMARTS) is 1. The Morgan fingerprint density at radius 1 is 1.60 bits per heavy atom. The van der Waals surface area contributed by atoms with Gasteiger partial charge in [0.2, 0.25) is 10.0 Å². The van der Waals surface area contributed by atoms with Crippen molar-refractivity contribution in [2.45, 2.75) is 11.0 Å². The van der Waals surface area contributed by atoms with Gasteiger partial charge < -0.3 is 20.0 Å². The molecule has 0 saturated heterocycles. The van der Waals surface area contributed by atoms with Gasteiger partial charge in [0.1, 0.15) is 4.90 Å². The van der Waals surface area contributed by atoms with E-state index in [2.05, 4.69) is 9.72 Å². The molecule has 0 aliphatic carbocycles. The van der Waals surface area contributed by atoms with Crippen LogP contribution >= 0.6 is 0 Å².